The predicted octanol–water partition coefficient (Wildman–Crippen LogP) is 5.94. The van der Waals surface area contributed by atoms with Crippen LogP contribution in [0.15, 0.2) is 72.8 Å². The lowest BCUT2D eigenvalue weighted by molar-refractivity contribution is -0.131. The normalized spacial score (nSPS) is 18.2. The summed E-state index contributed by atoms with van der Waals surface area (Å²) in [6, 6.07) is 25.8. The number of fused-ring (bicyclic) bond motifs is 1. The molecule has 1 amide bonds. The van der Waals surface area contributed by atoms with Crippen LogP contribution in [0.3, 0.4) is 0 Å². The Morgan fingerprint density at radius 3 is 2.39 bits per heavy atom. The second-order valence-electron chi connectivity index (χ2n) is 9.69. The third kappa shape index (κ3) is 3.95. The molecule has 1 aliphatic carbocycles. The number of benzene rings is 3. The number of likely N-dealkylation sites (tertiary alicyclic amines) is 1. The van der Waals surface area contributed by atoms with Crippen LogP contribution < -0.4 is 0 Å². The third-order valence-corrected chi connectivity index (χ3v) is 7.12. The Morgan fingerprint density at radius 1 is 0.909 bits per heavy atom. The smallest absolute Gasteiger partial charge is 0.225 e. The lowest BCUT2D eigenvalue weighted by Crippen LogP contribution is -2.30. The molecular weight excluding hydrogens is 406 g/mol. The lowest BCUT2D eigenvalue weighted by Gasteiger charge is -2.18. The molecule has 1 unspecified atom stereocenters. The van der Waals surface area contributed by atoms with E-state index in [1.165, 1.54) is 22.2 Å². The van der Waals surface area contributed by atoms with Gasteiger partial charge in [-0.25, -0.2) is 4.98 Å². The molecule has 1 aliphatic heterocycles. The lowest BCUT2D eigenvalue weighted by atomic mass is 10.0. The van der Waals surface area contributed by atoms with Crippen LogP contribution in [0.2, 0.25) is 0 Å². The summed E-state index contributed by atoms with van der Waals surface area (Å²) in [5.74, 6) is 2.16. The highest BCUT2D eigenvalue weighted by molar-refractivity contribution is 5.82. The molecule has 4 nitrogen and oxygen atoms in total. The van der Waals surface area contributed by atoms with Gasteiger partial charge in [0, 0.05) is 31.1 Å². The highest BCUT2D eigenvalue weighted by atomic mass is 16.2. The SMILES string of the molecule is Cc1ccc2c(c1)nc(-c1ccc(-c3ccccc3)cc1)n2CC1CCN(C(=O)C2CC2)C1. The van der Waals surface area contributed by atoms with Crippen LogP contribution in [0, 0.1) is 18.8 Å². The monoisotopic (exact) mass is 435 g/mol. The number of hydrogen-bond donors (Lipinski definition) is 0. The van der Waals surface area contributed by atoms with E-state index in [0.717, 1.165) is 55.8 Å². The van der Waals surface area contributed by atoms with E-state index < -0.39 is 0 Å². The van der Waals surface area contributed by atoms with Gasteiger partial charge in [-0.3, -0.25) is 4.79 Å². The first-order valence-corrected chi connectivity index (χ1v) is 12.1. The summed E-state index contributed by atoms with van der Waals surface area (Å²) in [5, 5.41) is 0. The molecule has 166 valence electrons. The van der Waals surface area contributed by atoms with Crippen molar-refractivity contribution >= 4 is 16.9 Å². The van der Waals surface area contributed by atoms with Gasteiger partial charge in [-0.2, -0.15) is 0 Å². The molecule has 33 heavy (non-hydrogen) atoms. The number of carbonyl (C=O) groups is 1. The maximum Gasteiger partial charge on any atom is 0.225 e. The highest BCUT2D eigenvalue weighted by Crippen LogP contribution is 2.34. The molecule has 0 bridgehead atoms. The van der Waals surface area contributed by atoms with E-state index >= 15 is 0 Å². The number of hydrogen-bond acceptors (Lipinski definition) is 2. The largest absolute Gasteiger partial charge is 0.342 e. The zero-order chi connectivity index (χ0) is 22.4. The Balaban J connectivity index is 1.32. The van der Waals surface area contributed by atoms with Gasteiger partial charge in [0.05, 0.1) is 11.0 Å². The second-order valence-corrected chi connectivity index (χ2v) is 9.69. The van der Waals surface area contributed by atoms with Crippen LogP contribution in [-0.2, 0) is 11.3 Å². The molecule has 2 fully saturated rings. The van der Waals surface area contributed by atoms with E-state index in [2.05, 4.69) is 83.1 Å². The fourth-order valence-corrected chi connectivity index (χ4v) is 5.12. The summed E-state index contributed by atoms with van der Waals surface area (Å²) in [6.45, 7) is 4.77. The minimum atomic E-state index is 0.305. The third-order valence-electron chi connectivity index (χ3n) is 7.12. The van der Waals surface area contributed by atoms with Gasteiger partial charge < -0.3 is 9.47 Å². The van der Waals surface area contributed by atoms with E-state index in [4.69, 9.17) is 4.98 Å². The van der Waals surface area contributed by atoms with Gasteiger partial charge in [-0.15, -0.1) is 0 Å². The van der Waals surface area contributed by atoms with E-state index in [9.17, 15) is 4.79 Å². The van der Waals surface area contributed by atoms with Crippen molar-refractivity contribution in [2.24, 2.45) is 11.8 Å². The standard InChI is InChI=1S/C29H29N3O/c1-20-7-14-27-26(17-20)30-28(24-10-8-23(9-11-24)22-5-3-2-4-6-22)32(27)19-21-15-16-31(18-21)29(33)25-12-13-25/h2-11,14,17,21,25H,12-13,15-16,18-19H2,1H3. The van der Waals surface area contributed by atoms with Gasteiger partial charge in [-0.1, -0.05) is 60.7 Å². The summed E-state index contributed by atoms with van der Waals surface area (Å²) < 4.78 is 2.38. The van der Waals surface area contributed by atoms with Gasteiger partial charge in [-0.05, 0) is 60.9 Å². The van der Waals surface area contributed by atoms with E-state index in [0.29, 0.717) is 17.7 Å². The molecule has 2 aliphatic rings. The predicted molar refractivity (Wildman–Crippen MR) is 133 cm³/mol. The van der Waals surface area contributed by atoms with Crippen molar-refractivity contribution in [1.29, 1.82) is 0 Å². The van der Waals surface area contributed by atoms with Crippen molar-refractivity contribution in [3.8, 4) is 22.5 Å². The van der Waals surface area contributed by atoms with Crippen LogP contribution in [0.5, 0.6) is 0 Å². The molecule has 6 rings (SSSR count). The molecule has 1 saturated heterocycles. The van der Waals surface area contributed by atoms with Crippen molar-refractivity contribution in [3.05, 3.63) is 78.4 Å². The van der Waals surface area contributed by atoms with Crippen molar-refractivity contribution in [3.63, 3.8) is 0 Å². The van der Waals surface area contributed by atoms with E-state index in [-0.39, 0.29) is 0 Å². The van der Waals surface area contributed by atoms with E-state index in [1.807, 2.05) is 6.07 Å². The van der Waals surface area contributed by atoms with E-state index in [1.54, 1.807) is 0 Å². The zero-order valence-electron chi connectivity index (χ0n) is 19.1. The molecule has 0 N–H and O–H groups in total. The van der Waals surface area contributed by atoms with Crippen LogP contribution >= 0.6 is 0 Å². The van der Waals surface area contributed by atoms with Gasteiger partial charge >= 0.3 is 0 Å². The summed E-state index contributed by atoms with van der Waals surface area (Å²) >= 11 is 0. The Hall–Kier alpha value is -3.40. The van der Waals surface area contributed by atoms with Gasteiger partial charge in [0.25, 0.3) is 0 Å². The molecule has 1 atom stereocenters. The van der Waals surface area contributed by atoms with Gasteiger partial charge in [0.2, 0.25) is 5.91 Å². The molecule has 4 heteroatoms. The first-order valence-electron chi connectivity index (χ1n) is 12.1. The Morgan fingerprint density at radius 2 is 1.64 bits per heavy atom. The van der Waals surface area contributed by atoms with Crippen LogP contribution in [-0.4, -0.2) is 33.4 Å². The molecule has 2 heterocycles. The first-order chi connectivity index (χ1) is 16.2. The number of aromatic nitrogens is 2. The number of carbonyl (C=O) groups excluding carboxylic acids is 1. The number of amides is 1. The number of aryl methyl sites for hydroxylation is 1. The molecule has 3 aromatic carbocycles. The molecular formula is C29H29N3O. The summed E-state index contributed by atoms with van der Waals surface area (Å²) in [4.78, 5) is 19.7. The molecule has 0 radical (unpaired) electrons. The first kappa shape index (κ1) is 20.2. The summed E-state index contributed by atoms with van der Waals surface area (Å²) in [7, 11) is 0. The van der Waals surface area contributed by atoms with Gasteiger partial charge in [0.1, 0.15) is 5.82 Å². The summed E-state index contributed by atoms with van der Waals surface area (Å²) in [5.41, 5.74) is 7.01. The number of imidazole rings is 1. The average molecular weight is 436 g/mol. The maximum atomic E-state index is 12.5. The maximum absolute atomic E-state index is 12.5. The fraction of sp³-hybridized carbons (Fsp3) is 0.310. The fourth-order valence-electron chi connectivity index (χ4n) is 5.12. The van der Waals surface area contributed by atoms with Crippen LogP contribution in [0.4, 0.5) is 0 Å². The van der Waals surface area contributed by atoms with Gasteiger partial charge in [0.15, 0.2) is 0 Å². The van der Waals surface area contributed by atoms with Crippen molar-refractivity contribution < 1.29 is 4.79 Å². The Bertz CT molecular complexity index is 1300. The zero-order valence-corrected chi connectivity index (χ0v) is 19.1. The molecule has 0 spiro atoms. The van der Waals surface area contributed by atoms with Crippen molar-refractivity contribution in [2.75, 3.05) is 13.1 Å². The second kappa shape index (κ2) is 8.18. The van der Waals surface area contributed by atoms with Crippen molar-refractivity contribution in [1.82, 2.24) is 14.5 Å². The van der Waals surface area contributed by atoms with Crippen LogP contribution in [0.1, 0.15) is 24.8 Å². The average Bonchev–Trinajstić information content (AvgIpc) is 3.50. The molecule has 1 aromatic heterocycles. The molecule has 1 saturated carbocycles. The summed E-state index contributed by atoms with van der Waals surface area (Å²) in [6.07, 6.45) is 3.22. The van der Waals surface area contributed by atoms with Crippen molar-refractivity contribution in [2.45, 2.75) is 32.7 Å². The minimum absolute atomic E-state index is 0.305. The molecule has 4 aromatic rings. The number of nitrogens with zero attached hydrogens (tertiary/aromatic N) is 3. The quantitative estimate of drug-likeness (QED) is 0.389. The minimum Gasteiger partial charge on any atom is -0.342 e. The topological polar surface area (TPSA) is 38.1 Å². The van der Waals surface area contributed by atoms with Crippen LogP contribution in [0.25, 0.3) is 33.5 Å². The highest BCUT2D eigenvalue weighted by Gasteiger charge is 2.36. The Kier molecular flexibility index (Phi) is 5.01. The number of rotatable bonds is 5. The Labute approximate surface area is 194 Å².